The largest absolute Gasteiger partial charge is 0.322 e. The van der Waals surface area contributed by atoms with Crippen LogP contribution in [-0.2, 0) is 0 Å². The van der Waals surface area contributed by atoms with Gasteiger partial charge in [0.25, 0.3) is 5.91 Å². The molecule has 1 N–H and O–H groups in total. The normalized spacial score (nSPS) is 10.3. The van der Waals surface area contributed by atoms with Gasteiger partial charge in [-0.05, 0) is 58.7 Å². The molecular weight excluding hydrogens is 349 g/mol. The molecule has 0 saturated heterocycles. The number of anilines is 1. The van der Waals surface area contributed by atoms with E-state index in [-0.39, 0.29) is 5.91 Å². The van der Waals surface area contributed by atoms with Gasteiger partial charge in [0, 0.05) is 20.7 Å². The summed E-state index contributed by atoms with van der Waals surface area (Å²) in [6.45, 7) is 1.85. The molecule has 0 unspecified atom stereocenters. The topological polar surface area (TPSA) is 29.1 Å². The molecule has 0 heterocycles. The van der Waals surface area contributed by atoms with Crippen molar-refractivity contribution < 1.29 is 4.79 Å². The summed E-state index contributed by atoms with van der Waals surface area (Å²) in [5.74, 6) is -0.222. The van der Waals surface area contributed by atoms with Crippen LogP contribution in [0.25, 0.3) is 0 Å². The molecule has 19 heavy (non-hydrogen) atoms. The van der Waals surface area contributed by atoms with Crippen LogP contribution in [0.5, 0.6) is 0 Å². The summed E-state index contributed by atoms with van der Waals surface area (Å²) < 4.78 is 0.754. The number of benzene rings is 2. The van der Waals surface area contributed by atoms with E-state index in [9.17, 15) is 4.79 Å². The Morgan fingerprint density at radius 3 is 2.58 bits per heavy atom. The van der Waals surface area contributed by atoms with Crippen LogP contribution in [0.15, 0.2) is 40.9 Å². The predicted molar refractivity (Wildman–Crippen MR) is 83.3 cm³/mol. The first-order valence-electron chi connectivity index (χ1n) is 5.50. The van der Waals surface area contributed by atoms with Gasteiger partial charge in [-0.2, -0.15) is 0 Å². The minimum atomic E-state index is -0.222. The van der Waals surface area contributed by atoms with Crippen molar-refractivity contribution in [3.05, 3.63) is 62.0 Å². The number of carbonyl (C=O) groups is 1. The van der Waals surface area contributed by atoms with E-state index in [1.54, 1.807) is 36.4 Å². The molecule has 0 radical (unpaired) electrons. The fourth-order valence-electron chi connectivity index (χ4n) is 1.57. The standard InChI is InChI=1S/C14H10BrCl2NO/c1-8-11(16)3-2-4-13(8)18-14(19)9-5-6-10(15)12(17)7-9/h2-7H,1H3,(H,18,19). The molecule has 1 amide bonds. The zero-order chi connectivity index (χ0) is 14.0. The lowest BCUT2D eigenvalue weighted by Crippen LogP contribution is -2.12. The summed E-state index contributed by atoms with van der Waals surface area (Å²) in [4.78, 5) is 12.1. The lowest BCUT2D eigenvalue weighted by Gasteiger charge is -2.10. The molecule has 2 aromatic rings. The third-order valence-corrected chi connectivity index (χ3v) is 4.34. The lowest BCUT2D eigenvalue weighted by atomic mass is 10.1. The van der Waals surface area contributed by atoms with Crippen molar-refractivity contribution in [1.82, 2.24) is 0 Å². The number of carbonyl (C=O) groups excluding carboxylic acids is 1. The zero-order valence-electron chi connectivity index (χ0n) is 10.0. The van der Waals surface area contributed by atoms with Crippen LogP contribution in [0.1, 0.15) is 15.9 Å². The number of amides is 1. The second kappa shape index (κ2) is 5.95. The lowest BCUT2D eigenvalue weighted by molar-refractivity contribution is 0.102. The molecule has 2 rings (SSSR count). The van der Waals surface area contributed by atoms with E-state index in [4.69, 9.17) is 23.2 Å². The molecule has 2 aromatic carbocycles. The molecule has 0 bridgehead atoms. The van der Waals surface area contributed by atoms with E-state index in [0.29, 0.717) is 21.3 Å². The summed E-state index contributed by atoms with van der Waals surface area (Å²) in [5.41, 5.74) is 2.02. The second-order valence-electron chi connectivity index (χ2n) is 4.00. The van der Waals surface area contributed by atoms with Crippen molar-refractivity contribution in [1.29, 1.82) is 0 Å². The number of hydrogen-bond donors (Lipinski definition) is 1. The molecular formula is C14H10BrCl2NO. The molecule has 0 aromatic heterocycles. The Morgan fingerprint density at radius 2 is 1.89 bits per heavy atom. The van der Waals surface area contributed by atoms with Crippen molar-refractivity contribution in [2.24, 2.45) is 0 Å². The van der Waals surface area contributed by atoms with Crippen LogP contribution in [0.2, 0.25) is 10.0 Å². The monoisotopic (exact) mass is 357 g/mol. The van der Waals surface area contributed by atoms with E-state index < -0.39 is 0 Å². The van der Waals surface area contributed by atoms with Gasteiger partial charge < -0.3 is 5.32 Å². The molecule has 0 fully saturated rings. The maximum atomic E-state index is 12.1. The summed E-state index contributed by atoms with van der Waals surface area (Å²) in [6.07, 6.45) is 0. The number of halogens is 3. The highest BCUT2D eigenvalue weighted by Crippen LogP contribution is 2.25. The highest BCUT2D eigenvalue weighted by atomic mass is 79.9. The van der Waals surface area contributed by atoms with Crippen molar-refractivity contribution in [3.8, 4) is 0 Å². The van der Waals surface area contributed by atoms with Gasteiger partial charge in [-0.15, -0.1) is 0 Å². The number of hydrogen-bond acceptors (Lipinski definition) is 1. The van der Waals surface area contributed by atoms with Crippen LogP contribution in [0.4, 0.5) is 5.69 Å². The Morgan fingerprint density at radius 1 is 1.16 bits per heavy atom. The molecule has 0 aliphatic rings. The SMILES string of the molecule is Cc1c(Cl)cccc1NC(=O)c1ccc(Br)c(Cl)c1. The third kappa shape index (κ3) is 3.30. The van der Waals surface area contributed by atoms with E-state index in [2.05, 4.69) is 21.2 Å². The smallest absolute Gasteiger partial charge is 0.255 e. The van der Waals surface area contributed by atoms with Crippen LogP contribution in [-0.4, -0.2) is 5.91 Å². The minimum absolute atomic E-state index is 0.222. The Labute approximate surface area is 129 Å². The van der Waals surface area contributed by atoms with Gasteiger partial charge in [-0.25, -0.2) is 0 Å². The molecule has 0 aliphatic heterocycles. The quantitative estimate of drug-likeness (QED) is 0.773. The molecule has 0 saturated carbocycles. The van der Waals surface area contributed by atoms with Crippen molar-refractivity contribution in [3.63, 3.8) is 0 Å². The van der Waals surface area contributed by atoms with E-state index in [0.717, 1.165) is 10.0 Å². The maximum absolute atomic E-state index is 12.1. The molecule has 5 heteroatoms. The fourth-order valence-corrected chi connectivity index (χ4v) is 2.18. The Bertz CT molecular complexity index is 643. The predicted octanol–water partition coefficient (Wildman–Crippen LogP) is 5.32. The molecule has 2 nitrogen and oxygen atoms in total. The van der Waals surface area contributed by atoms with E-state index in [1.807, 2.05) is 6.92 Å². The first kappa shape index (κ1) is 14.4. The second-order valence-corrected chi connectivity index (χ2v) is 5.66. The molecule has 0 atom stereocenters. The highest BCUT2D eigenvalue weighted by molar-refractivity contribution is 9.10. The Hall–Kier alpha value is -1.03. The van der Waals surface area contributed by atoms with Crippen LogP contribution in [0.3, 0.4) is 0 Å². The Balaban J connectivity index is 2.26. The first-order chi connectivity index (χ1) is 8.99. The molecule has 0 spiro atoms. The van der Waals surface area contributed by atoms with Gasteiger partial charge in [0.15, 0.2) is 0 Å². The first-order valence-corrected chi connectivity index (χ1v) is 7.05. The fraction of sp³-hybridized carbons (Fsp3) is 0.0714. The summed E-state index contributed by atoms with van der Waals surface area (Å²) in [6, 6.07) is 10.4. The zero-order valence-corrected chi connectivity index (χ0v) is 13.1. The maximum Gasteiger partial charge on any atom is 0.255 e. The van der Waals surface area contributed by atoms with Crippen LogP contribution < -0.4 is 5.32 Å². The van der Waals surface area contributed by atoms with Gasteiger partial charge in [-0.3, -0.25) is 4.79 Å². The van der Waals surface area contributed by atoms with Gasteiger partial charge in [0.2, 0.25) is 0 Å². The van der Waals surface area contributed by atoms with Crippen molar-refractivity contribution in [2.75, 3.05) is 5.32 Å². The van der Waals surface area contributed by atoms with E-state index >= 15 is 0 Å². The minimum Gasteiger partial charge on any atom is -0.322 e. The summed E-state index contributed by atoms with van der Waals surface area (Å²) in [5, 5.41) is 3.93. The van der Waals surface area contributed by atoms with Crippen LogP contribution >= 0.6 is 39.1 Å². The van der Waals surface area contributed by atoms with Gasteiger partial charge in [-0.1, -0.05) is 29.3 Å². The molecule has 98 valence electrons. The average Bonchev–Trinajstić information content (AvgIpc) is 2.38. The van der Waals surface area contributed by atoms with Gasteiger partial charge in [0.05, 0.1) is 5.02 Å². The van der Waals surface area contributed by atoms with Gasteiger partial charge >= 0.3 is 0 Å². The number of rotatable bonds is 2. The summed E-state index contributed by atoms with van der Waals surface area (Å²) in [7, 11) is 0. The Kier molecular flexibility index (Phi) is 4.50. The van der Waals surface area contributed by atoms with Gasteiger partial charge in [0.1, 0.15) is 0 Å². The van der Waals surface area contributed by atoms with E-state index in [1.165, 1.54) is 0 Å². The third-order valence-electron chi connectivity index (χ3n) is 2.70. The van der Waals surface area contributed by atoms with Crippen molar-refractivity contribution in [2.45, 2.75) is 6.92 Å². The summed E-state index contributed by atoms with van der Waals surface area (Å²) >= 11 is 15.3. The highest BCUT2D eigenvalue weighted by Gasteiger charge is 2.10. The average molecular weight is 359 g/mol. The number of nitrogens with one attached hydrogen (secondary N) is 1. The van der Waals surface area contributed by atoms with Crippen LogP contribution in [0, 0.1) is 6.92 Å². The molecule has 0 aliphatic carbocycles. The van der Waals surface area contributed by atoms with Crippen molar-refractivity contribution >= 4 is 50.7 Å².